The summed E-state index contributed by atoms with van der Waals surface area (Å²) >= 11 is 10.4. The lowest BCUT2D eigenvalue weighted by Gasteiger charge is -2.34. The van der Waals surface area contributed by atoms with Crippen LogP contribution in [-0.2, 0) is 4.79 Å². The van der Waals surface area contributed by atoms with Crippen molar-refractivity contribution in [3.8, 4) is 0 Å². The second kappa shape index (κ2) is 9.99. The zero-order valence-electron chi connectivity index (χ0n) is 16.7. The Morgan fingerprint density at radius 1 is 1.13 bits per heavy atom. The van der Waals surface area contributed by atoms with Gasteiger partial charge in [0.1, 0.15) is 0 Å². The minimum absolute atomic E-state index is 0.0419. The number of thioether (sulfide) groups is 1. The highest BCUT2D eigenvalue weighted by Crippen LogP contribution is 2.30. The summed E-state index contributed by atoms with van der Waals surface area (Å²) < 4.78 is 0.724. The standard InChI is InChI=1S/C20H20ClN5O2S3/c1-13-14(21)4-2-5-15(13)22-19-23-24-20(31-19)30-12-17(27)25-7-9-26(10-8-25)18(28)16-6-3-11-29-16/h2-6,11H,7-10,12H2,1H3,(H,22,23). The quantitative estimate of drug-likeness (QED) is 0.513. The van der Waals surface area contributed by atoms with E-state index in [9.17, 15) is 9.59 Å². The summed E-state index contributed by atoms with van der Waals surface area (Å²) in [6, 6.07) is 9.36. The van der Waals surface area contributed by atoms with Crippen LogP contribution in [0, 0.1) is 6.92 Å². The van der Waals surface area contributed by atoms with Crippen LogP contribution in [0.1, 0.15) is 15.2 Å². The number of carbonyl (C=O) groups is 2. The zero-order valence-corrected chi connectivity index (χ0v) is 19.9. The third kappa shape index (κ3) is 5.38. The fourth-order valence-electron chi connectivity index (χ4n) is 3.11. The van der Waals surface area contributed by atoms with E-state index in [0.29, 0.717) is 42.1 Å². The van der Waals surface area contributed by atoms with Crippen LogP contribution in [-0.4, -0.2) is 63.7 Å². The first-order valence-corrected chi connectivity index (χ1v) is 12.7. The maximum absolute atomic E-state index is 12.6. The van der Waals surface area contributed by atoms with Crippen LogP contribution in [0.2, 0.25) is 5.02 Å². The molecule has 2 aromatic heterocycles. The molecule has 4 rings (SSSR count). The molecule has 1 aliphatic rings. The average Bonchev–Trinajstić information content (AvgIpc) is 3.47. The number of amides is 2. The SMILES string of the molecule is Cc1c(Cl)cccc1Nc1nnc(SCC(=O)N2CCN(C(=O)c3cccs3)CC2)s1. The molecular weight excluding hydrogens is 474 g/mol. The fraction of sp³-hybridized carbons (Fsp3) is 0.300. The molecule has 0 bridgehead atoms. The van der Waals surface area contributed by atoms with Crippen molar-refractivity contribution in [2.24, 2.45) is 0 Å². The van der Waals surface area contributed by atoms with Crippen molar-refractivity contribution in [2.75, 3.05) is 37.2 Å². The van der Waals surface area contributed by atoms with Gasteiger partial charge in [-0.25, -0.2) is 0 Å². The van der Waals surface area contributed by atoms with Crippen molar-refractivity contribution in [3.05, 3.63) is 51.2 Å². The number of hydrogen-bond donors (Lipinski definition) is 1. The van der Waals surface area contributed by atoms with Gasteiger partial charge in [-0.2, -0.15) is 0 Å². The smallest absolute Gasteiger partial charge is 0.264 e. The first-order valence-electron chi connectivity index (χ1n) is 9.60. The molecule has 1 N–H and O–H groups in total. The van der Waals surface area contributed by atoms with E-state index in [2.05, 4.69) is 15.5 Å². The third-order valence-electron chi connectivity index (χ3n) is 4.89. The summed E-state index contributed by atoms with van der Waals surface area (Å²) in [6.45, 7) is 4.15. The van der Waals surface area contributed by atoms with Crippen LogP contribution in [0.15, 0.2) is 40.1 Å². The maximum atomic E-state index is 12.6. The number of anilines is 2. The number of carbonyl (C=O) groups excluding carboxylic acids is 2. The highest BCUT2D eigenvalue weighted by atomic mass is 35.5. The van der Waals surface area contributed by atoms with Gasteiger partial charge >= 0.3 is 0 Å². The number of piperazine rings is 1. The van der Waals surface area contributed by atoms with Gasteiger partial charge < -0.3 is 15.1 Å². The molecule has 0 saturated carbocycles. The molecular formula is C20H20ClN5O2S3. The molecule has 31 heavy (non-hydrogen) atoms. The predicted octanol–water partition coefficient (Wildman–Crippen LogP) is 4.38. The lowest BCUT2D eigenvalue weighted by Crippen LogP contribution is -2.50. The molecule has 7 nitrogen and oxygen atoms in total. The lowest BCUT2D eigenvalue weighted by atomic mass is 10.2. The molecule has 0 radical (unpaired) electrons. The van der Waals surface area contributed by atoms with E-state index in [0.717, 1.165) is 20.5 Å². The number of benzene rings is 1. The van der Waals surface area contributed by atoms with Gasteiger partial charge in [0.2, 0.25) is 11.0 Å². The molecule has 1 saturated heterocycles. The molecule has 0 atom stereocenters. The van der Waals surface area contributed by atoms with Gasteiger partial charge in [0.15, 0.2) is 4.34 Å². The first kappa shape index (κ1) is 22.1. The van der Waals surface area contributed by atoms with Crippen molar-refractivity contribution in [1.29, 1.82) is 0 Å². The molecule has 3 heterocycles. The van der Waals surface area contributed by atoms with Gasteiger partial charge in [-0.1, -0.05) is 46.8 Å². The van der Waals surface area contributed by atoms with Crippen LogP contribution in [0.3, 0.4) is 0 Å². The Morgan fingerprint density at radius 3 is 2.65 bits per heavy atom. The molecule has 11 heteroatoms. The summed E-state index contributed by atoms with van der Waals surface area (Å²) in [6.07, 6.45) is 0. The summed E-state index contributed by atoms with van der Waals surface area (Å²) in [7, 11) is 0. The fourth-order valence-corrected chi connectivity index (χ4v) is 5.64. The Hall–Kier alpha value is -2.14. The normalized spacial score (nSPS) is 14.0. The molecule has 2 amide bonds. The highest BCUT2D eigenvalue weighted by molar-refractivity contribution is 8.01. The summed E-state index contributed by atoms with van der Waals surface area (Å²) in [5, 5.41) is 14.8. The number of halogens is 1. The molecule has 0 spiro atoms. The van der Waals surface area contributed by atoms with Crippen molar-refractivity contribution >= 4 is 68.7 Å². The molecule has 1 aromatic carbocycles. The van der Waals surface area contributed by atoms with Gasteiger partial charge in [-0.3, -0.25) is 9.59 Å². The van der Waals surface area contributed by atoms with Crippen molar-refractivity contribution < 1.29 is 9.59 Å². The number of nitrogens with zero attached hydrogens (tertiary/aromatic N) is 4. The largest absolute Gasteiger partial charge is 0.338 e. The number of nitrogens with one attached hydrogen (secondary N) is 1. The number of rotatable bonds is 6. The Kier molecular flexibility index (Phi) is 7.11. The molecule has 162 valence electrons. The first-order chi connectivity index (χ1) is 15.0. The second-order valence-electron chi connectivity index (χ2n) is 6.85. The second-order valence-corrected chi connectivity index (χ2v) is 10.4. The molecule has 0 aliphatic carbocycles. The summed E-state index contributed by atoms with van der Waals surface area (Å²) in [5.41, 5.74) is 1.83. The third-order valence-corrected chi connectivity index (χ3v) is 8.11. The van der Waals surface area contributed by atoms with E-state index in [-0.39, 0.29) is 11.8 Å². The monoisotopic (exact) mass is 493 g/mol. The van der Waals surface area contributed by atoms with Crippen LogP contribution in [0.5, 0.6) is 0 Å². The van der Waals surface area contributed by atoms with E-state index in [1.807, 2.05) is 47.5 Å². The molecule has 1 fully saturated rings. The Morgan fingerprint density at radius 2 is 1.90 bits per heavy atom. The highest BCUT2D eigenvalue weighted by Gasteiger charge is 2.25. The number of hydrogen-bond acceptors (Lipinski definition) is 8. The van der Waals surface area contributed by atoms with Gasteiger partial charge in [0.05, 0.1) is 10.6 Å². The van der Waals surface area contributed by atoms with E-state index < -0.39 is 0 Å². The minimum Gasteiger partial charge on any atom is -0.338 e. The number of aromatic nitrogens is 2. The zero-order chi connectivity index (χ0) is 21.8. The molecule has 1 aliphatic heterocycles. The van der Waals surface area contributed by atoms with Crippen LogP contribution in [0.25, 0.3) is 0 Å². The van der Waals surface area contributed by atoms with E-state index in [4.69, 9.17) is 11.6 Å². The minimum atomic E-state index is 0.0419. The maximum Gasteiger partial charge on any atom is 0.264 e. The Bertz CT molecular complexity index is 1060. The molecule has 3 aromatic rings. The van der Waals surface area contributed by atoms with E-state index >= 15 is 0 Å². The van der Waals surface area contributed by atoms with Crippen molar-refractivity contribution in [2.45, 2.75) is 11.3 Å². The average molecular weight is 494 g/mol. The Labute approximate surface area is 197 Å². The van der Waals surface area contributed by atoms with Crippen LogP contribution >= 0.6 is 46.0 Å². The van der Waals surface area contributed by atoms with E-state index in [1.165, 1.54) is 34.4 Å². The summed E-state index contributed by atoms with van der Waals surface area (Å²) in [4.78, 5) is 29.4. The van der Waals surface area contributed by atoms with Crippen LogP contribution < -0.4 is 5.32 Å². The Balaban J connectivity index is 1.25. The van der Waals surface area contributed by atoms with Gasteiger partial charge in [0, 0.05) is 36.9 Å². The van der Waals surface area contributed by atoms with E-state index in [1.54, 1.807) is 4.90 Å². The predicted molar refractivity (Wildman–Crippen MR) is 127 cm³/mol. The van der Waals surface area contributed by atoms with Crippen LogP contribution in [0.4, 0.5) is 10.8 Å². The van der Waals surface area contributed by atoms with Crippen molar-refractivity contribution in [3.63, 3.8) is 0 Å². The molecule has 0 unspecified atom stereocenters. The van der Waals surface area contributed by atoms with Gasteiger partial charge in [0.25, 0.3) is 5.91 Å². The van der Waals surface area contributed by atoms with Crippen molar-refractivity contribution in [1.82, 2.24) is 20.0 Å². The van der Waals surface area contributed by atoms with Gasteiger partial charge in [-0.15, -0.1) is 21.5 Å². The summed E-state index contributed by atoms with van der Waals surface area (Å²) in [5.74, 6) is 0.382. The lowest BCUT2D eigenvalue weighted by molar-refractivity contribution is -0.129. The van der Waals surface area contributed by atoms with Gasteiger partial charge in [-0.05, 0) is 36.1 Å². The topological polar surface area (TPSA) is 78.4 Å². The number of thiophene rings is 1.